The van der Waals surface area contributed by atoms with Gasteiger partial charge in [0.2, 0.25) is 10.0 Å². The monoisotopic (exact) mass is 412 g/mol. The smallest absolute Gasteiger partial charge is 0.302 e. The summed E-state index contributed by atoms with van der Waals surface area (Å²) in [6.07, 6.45) is 0.507. The van der Waals surface area contributed by atoms with E-state index in [-0.39, 0.29) is 17.3 Å². The summed E-state index contributed by atoms with van der Waals surface area (Å²) in [4.78, 5) is 8.04. The lowest BCUT2D eigenvalue weighted by molar-refractivity contribution is -0.141. The molecule has 0 amide bonds. The lowest BCUT2D eigenvalue weighted by Gasteiger charge is -2.25. The van der Waals surface area contributed by atoms with Crippen molar-refractivity contribution in [2.24, 2.45) is 10.1 Å². The summed E-state index contributed by atoms with van der Waals surface area (Å²) in [7, 11) is -3.91. The van der Waals surface area contributed by atoms with Crippen molar-refractivity contribution >= 4 is 16.2 Å². The Morgan fingerprint density at radius 2 is 1.86 bits per heavy atom. The van der Waals surface area contributed by atoms with Crippen LogP contribution in [0, 0.1) is 0 Å². The van der Waals surface area contributed by atoms with Crippen LogP contribution in [0.4, 0.5) is 13.2 Å². The van der Waals surface area contributed by atoms with Crippen molar-refractivity contribution in [2.75, 3.05) is 6.54 Å². The van der Waals surface area contributed by atoms with Crippen molar-refractivity contribution in [1.82, 2.24) is 9.55 Å². The summed E-state index contributed by atoms with van der Waals surface area (Å²) in [5, 5.41) is 5.09. The predicted octanol–water partition coefficient (Wildman–Crippen LogP) is 3.22. The fraction of sp³-hybridized carbons (Fsp3) is 0.333. The fourth-order valence-corrected chi connectivity index (χ4v) is 3.67. The third-order valence-electron chi connectivity index (χ3n) is 4.48. The molecule has 1 aromatic carbocycles. The third kappa shape index (κ3) is 4.02. The van der Waals surface area contributed by atoms with Crippen molar-refractivity contribution < 1.29 is 21.6 Å². The van der Waals surface area contributed by atoms with Crippen LogP contribution in [0.2, 0.25) is 0 Å². The number of alkyl halides is 3. The maximum atomic E-state index is 13.3. The average Bonchev–Trinajstić information content (AvgIpc) is 2.97. The van der Waals surface area contributed by atoms with Crippen LogP contribution >= 0.6 is 0 Å². The first-order chi connectivity index (χ1) is 12.9. The minimum Gasteiger partial charge on any atom is -0.302 e. The molecule has 0 bridgehead atoms. The zero-order chi connectivity index (χ0) is 20.7. The summed E-state index contributed by atoms with van der Waals surface area (Å²) in [6.45, 7) is 3.90. The number of hydrogen-bond donors (Lipinski definition) is 1. The minimum atomic E-state index is -4.62. The Hall–Kier alpha value is -2.46. The van der Waals surface area contributed by atoms with E-state index in [4.69, 9.17) is 5.14 Å². The molecule has 0 radical (unpaired) electrons. The highest BCUT2D eigenvalue weighted by Crippen LogP contribution is 2.35. The second-order valence-corrected chi connectivity index (χ2v) is 8.55. The molecule has 1 unspecified atom stereocenters. The topological polar surface area (TPSA) is 90.3 Å². The van der Waals surface area contributed by atoms with E-state index in [2.05, 4.69) is 9.98 Å². The Balaban J connectivity index is 2.19. The molecule has 28 heavy (non-hydrogen) atoms. The van der Waals surface area contributed by atoms with E-state index in [1.165, 1.54) is 28.8 Å². The van der Waals surface area contributed by atoms with E-state index in [0.717, 1.165) is 11.8 Å². The van der Waals surface area contributed by atoms with Crippen molar-refractivity contribution in [3.05, 3.63) is 53.6 Å². The molecule has 1 aliphatic rings. The first-order valence-corrected chi connectivity index (χ1v) is 9.92. The highest BCUT2D eigenvalue weighted by atomic mass is 32.2. The molecule has 1 atom stereocenters. The number of halogens is 3. The van der Waals surface area contributed by atoms with E-state index >= 15 is 0 Å². The van der Waals surface area contributed by atoms with E-state index in [9.17, 15) is 21.6 Å². The molecular formula is C18H19F3N4O2S. The molecule has 0 saturated heterocycles. The fourth-order valence-electron chi connectivity index (χ4n) is 3.16. The van der Waals surface area contributed by atoms with E-state index in [1.807, 2.05) is 13.0 Å². The van der Waals surface area contributed by atoms with Gasteiger partial charge in [-0.05, 0) is 38.1 Å². The molecule has 0 saturated carbocycles. The van der Waals surface area contributed by atoms with Gasteiger partial charge in [0.05, 0.1) is 16.9 Å². The Kier molecular flexibility index (Phi) is 4.96. The molecule has 3 rings (SSSR count). The van der Waals surface area contributed by atoms with Crippen LogP contribution in [0.25, 0.3) is 5.69 Å². The molecule has 0 aliphatic carbocycles. The van der Waals surface area contributed by atoms with Crippen LogP contribution < -0.4 is 5.14 Å². The second-order valence-electron chi connectivity index (χ2n) is 6.99. The van der Waals surface area contributed by atoms with E-state index < -0.39 is 27.3 Å². The summed E-state index contributed by atoms with van der Waals surface area (Å²) in [6, 6.07) is 5.28. The van der Waals surface area contributed by atoms with Gasteiger partial charge in [-0.25, -0.2) is 18.5 Å². The summed E-state index contributed by atoms with van der Waals surface area (Å²) in [5.41, 5.74) is -0.583. The molecule has 2 heterocycles. The van der Waals surface area contributed by atoms with Gasteiger partial charge in [-0.2, -0.15) is 13.2 Å². The minimum absolute atomic E-state index is 0.130. The quantitative estimate of drug-likeness (QED) is 0.785. The maximum Gasteiger partial charge on any atom is 0.434 e. The lowest BCUT2D eigenvalue weighted by Crippen LogP contribution is -2.27. The number of benzene rings is 1. The normalized spacial score (nSPS) is 20.7. The third-order valence-corrected chi connectivity index (χ3v) is 5.41. The molecule has 2 aromatic rings. The first kappa shape index (κ1) is 20.3. The van der Waals surface area contributed by atoms with E-state index in [0.29, 0.717) is 12.1 Å². The largest absolute Gasteiger partial charge is 0.434 e. The predicted molar refractivity (Wildman–Crippen MR) is 99.0 cm³/mol. The maximum absolute atomic E-state index is 13.3. The van der Waals surface area contributed by atoms with Crippen molar-refractivity contribution in [1.29, 1.82) is 0 Å². The van der Waals surface area contributed by atoms with Crippen molar-refractivity contribution in [2.45, 2.75) is 36.8 Å². The standard InChI is InChI=1S/C18H19F3N4O2S/c1-12-7-8-23-11-17(2,9-12)16-24-15(18(19,20)21)10-25(16)13-3-5-14(6-4-13)28(22,26)27/h3-6,8-10H,7,11H2,1-2H3,(H2,22,26,27). The zero-order valence-corrected chi connectivity index (χ0v) is 16.0. The highest BCUT2D eigenvalue weighted by Gasteiger charge is 2.39. The average molecular weight is 412 g/mol. The number of rotatable bonds is 3. The van der Waals surface area contributed by atoms with Gasteiger partial charge in [0.1, 0.15) is 5.82 Å². The summed E-state index contributed by atoms with van der Waals surface area (Å²) < 4.78 is 64.3. The first-order valence-electron chi connectivity index (χ1n) is 8.37. The molecule has 6 nitrogen and oxygen atoms in total. The number of sulfonamides is 1. The van der Waals surface area contributed by atoms with Crippen LogP contribution in [0.15, 0.2) is 52.0 Å². The highest BCUT2D eigenvalue weighted by molar-refractivity contribution is 7.89. The van der Waals surface area contributed by atoms with Crippen LogP contribution in [0.1, 0.15) is 31.8 Å². The van der Waals surface area contributed by atoms with Gasteiger partial charge in [0.25, 0.3) is 0 Å². The number of imidazole rings is 1. The number of nitrogens with two attached hydrogens (primary N) is 1. The lowest BCUT2D eigenvalue weighted by atomic mass is 9.87. The molecule has 0 spiro atoms. The molecule has 0 fully saturated rings. The van der Waals surface area contributed by atoms with Gasteiger partial charge in [-0.3, -0.25) is 4.99 Å². The zero-order valence-electron chi connectivity index (χ0n) is 15.2. The van der Waals surface area contributed by atoms with Crippen molar-refractivity contribution in [3.8, 4) is 5.69 Å². The molecule has 150 valence electrons. The number of allylic oxidation sites excluding steroid dienone is 1. The van der Waals surface area contributed by atoms with Gasteiger partial charge < -0.3 is 4.57 Å². The Morgan fingerprint density at radius 1 is 1.21 bits per heavy atom. The number of nitrogens with zero attached hydrogens (tertiary/aromatic N) is 3. The Bertz CT molecular complexity index is 1050. The number of hydrogen-bond acceptors (Lipinski definition) is 4. The van der Waals surface area contributed by atoms with Gasteiger partial charge >= 0.3 is 6.18 Å². The van der Waals surface area contributed by atoms with Gasteiger partial charge in [-0.15, -0.1) is 0 Å². The number of primary sulfonamides is 1. The van der Waals surface area contributed by atoms with E-state index in [1.54, 1.807) is 13.1 Å². The van der Waals surface area contributed by atoms with Crippen molar-refractivity contribution in [3.63, 3.8) is 0 Å². The SMILES string of the molecule is CC1=CC(C)(c2nc(C(F)(F)F)cn2-c2ccc(S(N)(=O)=O)cc2)CN=CC1. The summed E-state index contributed by atoms with van der Waals surface area (Å²) in [5.74, 6) is 0.168. The van der Waals surface area contributed by atoms with Gasteiger partial charge in [0.15, 0.2) is 5.69 Å². The number of aliphatic imine (C=N–C) groups is 1. The molecule has 10 heteroatoms. The van der Waals surface area contributed by atoms with Crippen LogP contribution in [-0.2, 0) is 21.6 Å². The van der Waals surface area contributed by atoms with Gasteiger partial charge in [-0.1, -0.05) is 11.6 Å². The molecular weight excluding hydrogens is 393 g/mol. The Morgan fingerprint density at radius 3 is 2.43 bits per heavy atom. The van der Waals surface area contributed by atoms with Crippen LogP contribution in [-0.4, -0.2) is 30.7 Å². The molecule has 1 aromatic heterocycles. The molecule has 1 aliphatic heterocycles. The van der Waals surface area contributed by atoms with Gasteiger partial charge in [0, 0.05) is 24.5 Å². The van der Waals surface area contributed by atoms with Crippen LogP contribution in [0.3, 0.4) is 0 Å². The summed E-state index contributed by atoms with van der Waals surface area (Å²) >= 11 is 0. The Labute approximate surface area is 160 Å². The number of aromatic nitrogens is 2. The van der Waals surface area contributed by atoms with Crippen LogP contribution in [0.5, 0.6) is 0 Å². The molecule has 2 N–H and O–H groups in total. The second kappa shape index (κ2) is 6.85.